The molecule has 0 bridgehead atoms. The predicted molar refractivity (Wildman–Crippen MR) is 79.4 cm³/mol. The van der Waals surface area contributed by atoms with Gasteiger partial charge in [-0.1, -0.05) is 25.4 Å². The summed E-state index contributed by atoms with van der Waals surface area (Å²) in [6.07, 6.45) is 3.75. The van der Waals surface area contributed by atoms with Crippen LogP contribution in [0.2, 0.25) is 5.02 Å². The highest BCUT2D eigenvalue weighted by molar-refractivity contribution is 6.31. The van der Waals surface area contributed by atoms with Gasteiger partial charge in [0.25, 0.3) is 0 Å². The van der Waals surface area contributed by atoms with Crippen molar-refractivity contribution in [2.45, 2.75) is 58.8 Å². The molecular formula is C14H25ClN4. The number of fused-ring (bicyclic) bond motifs is 1. The number of nitrogens with zero attached hydrogens (tertiary/aromatic N) is 3. The molecule has 2 heterocycles. The minimum atomic E-state index is 0.704. The summed E-state index contributed by atoms with van der Waals surface area (Å²) in [5.41, 5.74) is 2.20. The van der Waals surface area contributed by atoms with Crippen LogP contribution in [0, 0.1) is 0 Å². The van der Waals surface area contributed by atoms with E-state index in [0.717, 1.165) is 43.3 Å². The molecule has 1 aromatic rings. The zero-order valence-electron chi connectivity index (χ0n) is 12.2. The predicted octanol–water partition coefficient (Wildman–Crippen LogP) is 2.65. The van der Waals surface area contributed by atoms with E-state index in [9.17, 15) is 0 Å². The monoisotopic (exact) mass is 284 g/mol. The first-order chi connectivity index (χ1) is 9.24. The van der Waals surface area contributed by atoms with E-state index < -0.39 is 0 Å². The third kappa shape index (κ3) is 3.71. The topological polar surface area (TPSA) is 33.1 Å². The average Bonchev–Trinajstić information content (AvgIpc) is 3.21. The first-order valence-corrected chi connectivity index (χ1v) is 7.78. The molecule has 1 saturated carbocycles. The summed E-state index contributed by atoms with van der Waals surface area (Å²) >= 11 is 6.43. The number of hydrogen-bond acceptors (Lipinski definition) is 3. The number of hydrogen-bond donors (Lipinski definition) is 1. The first-order valence-electron chi connectivity index (χ1n) is 7.40. The average molecular weight is 285 g/mol. The molecule has 0 atom stereocenters. The van der Waals surface area contributed by atoms with Gasteiger partial charge in [-0.3, -0.25) is 4.68 Å². The number of halogens is 1. The molecule has 3 rings (SSSR count). The summed E-state index contributed by atoms with van der Waals surface area (Å²) in [5, 5.41) is 8.98. The van der Waals surface area contributed by atoms with Crippen LogP contribution in [-0.2, 0) is 19.6 Å². The van der Waals surface area contributed by atoms with Crippen molar-refractivity contribution in [2.75, 3.05) is 13.6 Å². The van der Waals surface area contributed by atoms with Gasteiger partial charge in [-0.15, -0.1) is 0 Å². The Morgan fingerprint density at radius 2 is 2.05 bits per heavy atom. The molecule has 0 radical (unpaired) electrons. The molecule has 0 aromatic carbocycles. The zero-order valence-corrected chi connectivity index (χ0v) is 13.0. The molecule has 0 amide bonds. The van der Waals surface area contributed by atoms with Crippen molar-refractivity contribution in [2.24, 2.45) is 0 Å². The summed E-state index contributed by atoms with van der Waals surface area (Å²) in [6, 6.07) is 0.704. The van der Waals surface area contributed by atoms with Gasteiger partial charge in [-0.05, 0) is 26.3 Å². The molecule has 2 aliphatic rings. The Labute approximate surface area is 121 Å². The van der Waals surface area contributed by atoms with E-state index in [-0.39, 0.29) is 0 Å². The molecule has 0 unspecified atom stereocenters. The molecule has 0 spiro atoms. The number of rotatable bonds is 3. The van der Waals surface area contributed by atoms with Gasteiger partial charge in [-0.25, -0.2) is 0 Å². The maximum absolute atomic E-state index is 6.43. The second-order valence-corrected chi connectivity index (χ2v) is 5.55. The summed E-state index contributed by atoms with van der Waals surface area (Å²) in [6.45, 7) is 7.83. The molecule has 1 aliphatic heterocycles. The molecule has 1 aromatic heterocycles. The fourth-order valence-corrected chi connectivity index (χ4v) is 2.59. The van der Waals surface area contributed by atoms with E-state index in [1.165, 1.54) is 18.5 Å². The number of aromatic nitrogens is 2. The summed E-state index contributed by atoms with van der Waals surface area (Å²) < 4.78 is 2.09. The number of aryl methyl sites for hydroxylation is 1. The van der Waals surface area contributed by atoms with Crippen LogP contribution in [0.5, 0.6) is 0 Å². The van der Waals surface area contributed by atoms with Crippen LogP contribution in [-0.4, -0.2) is 34.3 Å². The van der Waals surface area contributed by atoms with Crippen molar-refractivity contribution in [1.82, 2.24) is 20.0 Å². The number of nitrogens with one attached hydrogen (secondary N) is 1. The van der Waals surface area contributed by atoms with Crippen LogP contribution >= 0.6 is 11.6 Å². The lowest BCUT2D eigenvalue weighted by molar-refractivity contribution is 0.332. The zero-order chi connectivity index (χ0) is 13.8. The Bertz CT molecular complexity index is 412. The maximum atomic E-state index is 6.43. The Balaban J connectivity index is 0.000000637. The second kappa shape index (κ2) is 6.73. The normalized spacial score (nSPS) is 19.4. The lowest BCUT2D eigenvalue weighted by Gasteiger charge is -2.11. The summed E-state index contributed by atoms with van der Waals surface area (Å²) in [4.78, 5) is 2.31. The summed E-state index contributed by atoms with van der Waals surface area (Å²) in [5.74, 6) is 0. The van der Waals surface area contributed by atoms with E-state index in [4.69, 9.17) is 11.6 Å². The Morgan fingerprint density at radius 3 is 2.74 bits per heavy atom. The van der Waals surface area contributed by atoms with Crippen molar-refractivity contribution >= 4 is 11.6 Å². The molecule has 1 N–H and O–H groups in total. The molecule has 19 heavy (non-hydrogen) atoms. The maximum Gasteiger partial charge on any atom is 0.0952 e. The smallest absolute Gasteiger partial charge is 0.0952 e. The highest BCUT2D eigenvalue weighted by Gasteiger charge is 2.23. The van der Waals surface area contributed by atoms with Gasteiger partial charge in [0, 0.05) is 32.2 Å². The van der Waals surface area contributed by atoms with Crippen LogP contribution in [0.15, 0.2) is 0 Å². The standard InChI is InChI=1S/C12H19ClN4.C2H6/c1-16-5-2-6-17-11(8-16)12(13)10(15-17)7-14-9-3-4-9;1-2/h9,14H,2-8H2,1H3;1-2H3. The van der Waals surface area contributed by atoms with Gasteiger partial charge >= 0.3 is 0 Å². The quantitative estimate of drug-likeness (QED) is 0.926. The molecule has 0 saturated heterocycles. The van der Waals surface area contributed by atoms with Crippen LogP contribution in [0.3, 0.4) is 0 Å². The highest BCUT2D eigenvalue weighted by Crippen LogP contribution is 2.26. The van der Waals surface area contributed by atoms with Crippen molar-refractivity contribution in [1.29, 1.82) is 0 Å². The van der Waals surface area contributed by atoms with Crippen molar-refractivity contribution in [3.05, 3.63) is 16.4 Å². The van der Waals surface area contributed by atoms with E-state index in [2.05, 4.69) is 27.0 Å². The molecule has 108 valence electrons. The van der Waals surface area contributed by atoms with Gasteiger partial charge in [0.2, 0.25) is 0 Å². The minimum Gasteiger partial charge on any atom is -0.308 e. The fourth-order valence-electron chi connectivity index (χ4n) is 2.33. The fraction of sp³-hybridized carbons (Fsp3) is 0.786. The van der Waals surface area contributed by atoms with E-state index >= 15 is 0 Å². The lowest BCUT2D eigenvalue weighted by Crippen LogP contribution is -2.18. The Morgan fingerprint density at radius 1 is 1.32 bits per heavy atom. The Hall–Kier alpha value is -0.580. The van der Waals surface area contributed by atoms with Crippen LogP contribution in [0.25, 0.3) is 0 Å². The largest absolute Gasteiger partial charge is 0.308 e. The highest BCUT2D eigenvalue weighted by atomic mass is 35.5. The third-order valence-electron chi connectivity index (χ3n) is 3.52. The first kappa shape index (κ1) is 14.8. The van der Waals surface area contributed by atoms with Crippen LogP contribution < -0.4 is 5.32 Å². The second-order valence-electron chi connectivity index (χ2n) is 5.18. The Kier molecular flexibility index (Phi) is 5.25. The van der Waals surface area contributed by atoms with Gasteiger partial charge in [0.1, 0.15) is 0 Å². The van der Waals surface area contributed by atoms with E-state index in [0.29, 0.717) is 6.04 Å². The lowest BCUT2D eigenvalue weighted by atomic mass is 10.3. The molecule has 5 heteroatoms. The molecule has 4 nitrogen and oxygen atoms in total. The van der Waals surface area contributed by atoms with E-state index in [1.54, 1.807) is 0 Å². The SMILES string of the molecule is CC.CN1CCCn2nc(CNC3CC3)c(Cl)c2C1. The minimum absolute atomic E-state index is 0.704. The third-order valence-corrected chi connectivity index (χ3v) is 3.96. The van der Waals surface area contributed by atoms with Crippen molar-refractivity contribution in [3.63, 3.8) is 0 Å². The van der Waals surface area contributed by atoms with Crippen LogP contribution in [0.4, 0.5) is 0 Å². The van der Waals surface area contributed by atoms with Crippen LogP contribution in [0.1, 0.15) is 44.5 Å². The van der Waals surface area contributed by atoms with Crippen molar-refractivity contribution < 1.29 is 0 Å². The van der Waals surface area contributed by atoms with Gasteiger partial charge in [0.05, 0.1) is 16.4 Å². The van der Waals surface area contributed by atoms with Gasteiger partial charge in [0.15, 0.2) is 0 Å². The molecule has 1 aliphatic carbocycles. The van der Waals surface area contributed by atoms with Crippen molar-refractivity contribution in [3.8, 4) is 0 Å². The molecular weight excluding hydrogens is 260 g/mol. The van der Waals surface area contributed by atoms with Gasteiger partial charge in [-0.2, -0.15) is 5.10 Å². The summed E-state index contributed by atoms with van der Waals surface area (Å²) in [7, 11) is 2.14. The van der Waals surface area contributed by atoms with Gasteiger partial charge < -0.3 is 10.2 Å². The molecule has 1 fully saturated rings. The van der Waals surface area contributed by atoms with E-state index in [1.807, 2.05) is 13.8 Å².